The lowest BCUT2D eigenvalue weighted by Crippen LogP contribution is -2.24. The molecule has 0 saturated heterocycles. The third kappa shape index (κ3) is 5.31. The standard InChI is InChI=1S/C23H26N4O2/c1-23(2,3)17-9-11-18(12-10-17)26-22-24-14-13-19(27-22)21(28)25-15-16-7-5-6-8-20(16)29-4/h5-14H,15H2,1-4H3,(H,25,28)(H,24,26,27). The van der Waals surface area contributed by atoms with Crippen LogP contribution < -0.4 is 15.4 Å². The molecular formula is C23H26N4O2. The number of hydrogen-bond acceptors (Lipinski definition) is 5. The van der Waals surface area contributed by atoms with Gasteiger partial charge in [-0.05, 0) is 35.2 Å². The van der Waals surface area contributed by atoms with Gasteiger partial charge in [0.25, 0.3) is 5.91 Å². The summed E-state index contributed by atoms with van der Waals surface area (Å²) in [7, 11) is 1.61. The average Bonchev–Trinajstić information content (AvgIpc) is 2.72. The van der Waals surface area contributed by atoms with Crippen LogP contribution in [0, 0.1) is 0 Å². The van der Waals surface area contributed by atoms with Crippen LogP contribution in [-0.4, -0.2) is 23.0 Å². The smallest absolute Gasteiger partial charge is 0.270 e. The number of rotatable bonds is 6. The summed E-state index contributed by atoms with van der Waals surface area (Å²) in [6, 6.07) is 17.3. The van der Waals surface area contributed by atoms with Crippen LogP contribution in [0.5, 0.6) is 5.75 Å². The predicted octanol–water partition coefficient (Wildman–Crippen LogP) is 4.46. The quantitative estimate of drug-likeness (QED) is 0.650. The van der Waals surface area contributed by atoms with Crippen molar-refractivity contribution >= 4 is 17.5 Å². The molecule has 150 valence electrons. The topological polar surface area (TPSA) is 76.1 Å². The van der Waals surface area contributed by atoms with E-state index in [1.165, 1.54) is 5.56 Å². The van der Waals surface area contributed by atoms with Crippen LogP contribution in [-0.2, 0) is 12.0 Å². The van der Waals surface area contributed by atoms with Gasteiger partial charge in [-0.2, -0.15) is 0 Å². The van der Waals surface area contributed by atoms with Crippen molar-refractivity contribution in [3.8, 4) is 5.75 Å². The molecule has 1 amide bonds. The first-order chi connectivity index (χ1) is 13.9. The number of methoxy groups -OCH3 is 1. The van der Waals surface area contributed by atoms with Crippen LogP contribution >= 0.6 is 0 Å². The van der Waals surface area contributed by atoms with E-state index >= 15 is 0 Å². The summed E-state index contributed by atoms with van der Waals surface area (Å²) < 4.78 is 5.31. The van der Waals surface area contributed by atoms with Gasteiger partial charge in [0.1, 0.15) is 11.4 Å². The summed E-state index contributed by atoms with van der Waals surface area (Å²) in [6.07, 6.45) is 1.57. The zero-order chi connectivity index (χ0) is 20.9. The first kappa shape index (κ1) is 20.3. The largest absolute Gasteiger partial charge is 0.496 e. The van der Waals surface area contributed by atoms with Crippen LogP contribution in [0.3, 0.4) is 0 Å². The lowest BCUT2D eigenvalue weighted by atomic mass is 9.87. The number of ether oxygens (including phenoxy) is 1. The number of carbonyl (C=O) groups is 1. The van der Waals surface area contributed by atoms with Gasteiger partial charge < -0.3 is 15.4 Å². The summed E-state index contributed by atoms with van der Waals surface area (Å²) in [5, 5.41) is 6.02. The highest BCUT2D eigenvalue weighted by Crippen LogP contribution is 2.24. The Bertz CT molecular complexity index is 979. The number of nitrogens with zero attached hydrogens (tertiary/aromatic N) is 2. The number of benzene rings is 2. The molecule has 0 aliphatic heterocycles. The van der Waals surface area contributed by atoms with Gasteiger partial charge in [0.15, 0.2) is 0 Å². The van der Waals surface area contributed by atoms with Crippen LogP contribution in [0.15, 0.2) is 60.8 Å². The highest BCUT2D eigenvalue weighted by atomic mass is 16.5. The van der Waals surface area contributed by atoms with Gasteiger partial charge in [0.2, 0.25) is 5.95 Å². The Hall–Kier alpha value is -3.41. The van der Waals surface area contributed by atoms with E-state index in [2.05, 4.69) is 53.5 Å². The number of amides is 1. The number of hydrogen-bond donors (Lipinski definition) is 2. The zero-order valence-electron chi connectivity index (χ0n) is 17.2. The van der Waals surface area contributed by atoms with E-state index in [1.807, 2.05) is 36.4 Å². The molecule has 0 radical (unpaired) electrons. The Morgan fingerprint density at radius 1 is 1.03 bits per heavy atom. The van der Waals surface area contributed by atoms with Gasteiger partial charge in [-0.15, -0.1) is 0 Å². The van der Waals surface area contributed by atoms with Crippen molar-refractivity contribution < 1.29 is 9.53 Å². The second-order valence-corrected chi connectivity index (χ2v) is 7.71. The molecule has 0 unspecified atom stereocenters. The SMILES string of the molecule is COc1ccccc1CNC(=O)c1ccnc(Nc2ccc(C(C)(C)C)cc2)n1. The Balaban J connectivity index is 1.66. The van der Waals surface area contributed by atoms with Crippen LogP contribution in [0.2, 0.25) is 0 Å². The molecule has 0 fully saturated rings. The van der Waals surface area contributed by atoms with Crippen molar-refractivity contribution in [2.45, 2.75) is 32.7 Å². The highest BCUT2D eigenvalue weighted by Gasteiger charge is 2.13. The van der Waals surface area contributed by atoms with E-state index in [-0.39, 0.29) is 11.3 Å². The minimum Gasteiger partial charge on any atom is -0.496 e. The molecule has 1 heterocycles. The van der Waals surface area contributed by atoms with E-state index in [4.69, 9.17) is 4.74 Å². The van der Waals surface area contributed by atoms with Crippen molar-refractivity contribution in [1.82, 2.24) is 15.3 Å². The fraction of sp³-hybridized carbons (Fsp3) is 0.261. The van der Waals surface area contributed by atoms with E-state index in [0.29, 0.717) is 18.2 Å². The van der Waals surface area contributed by atoms with Crippen LogP contribution in [0.4, 0.5) is 11.6 Å². The molecule has 0 bridgehead atoms. The van der Waals surface area contributed by atoms with Gasteiger partial charge in [-0.3, -0.25) is 4.79 Å². The molecule has 1 aromatic heterocycles. The molecule has 0 saturated carbocycles. The first-order valence-corrected chi connectivity index (χ1v) is 9.47. The monoisotopic (exact) mass is 390 g/mol. The predicted molar refractivity (Wildman–Crippen MR) is 115 cm³/mol. The van der Waals surface area contributed by atoms with Crippen molar-refractivity contribution in [3.63, 3.8) is 0 Å². The third-order valence-corrected chi connectivity index (χ3v) is 4.53. The summed E-state index contributed by atoms with van der Waals surface area (Å²) in [6.45, 7) is 6.87. The maximum absolute atomic E-state index is 12.5. The van der Waals surface area contributed by atoms with Gasteiger partial charge >= 0.3 is 0 Å². The number of anilines is 2. The minimum absolute atomic E-state index is 0.0917. The van der Waals surface area contributed by atoms with E-state index in [9.17, 15) is 4.79 Å². The van der Waals surface area contributed by atoms with Crippen molar-refractivity contribution in [1.29, 1.82) is 0 Å². The van der Waals surface area contributed by atoms with Gasteiger partial charge in [-0.1, -0.05) is 51.1 Å². The van der Waals surface area contributed by atoms with Crippen LogP contribution in [0.25, 0.3) is 0 Å². The van der Waals surface area contributed by atoms with Crippen molar-refractivity contribution in [3.05, 3.63) is 77.6 Å². The summed E-state index contributed by atoms with van der Waals surface area (Å²) in [5.74, 6) is 0.833. The molecule has 2 aromatic carbocycles. The maximum atomic E-state index is 12.5. The molecule has 0 aliphatic rings. The number of nitrogens with one attached hydrogen (secondary N) is 2. The van der Waals surface area contributed by atoms with E-state index in [1.54, 1.807) is 19.4 Å². The molecule has 0 spiro atoms. The van der Waals surface area contributed by atoms with Crippen molar-refractivity contribution in [2.24, 2.45) is 0 Å². The molecule has 3 aromatic rings. The molecular weight excluding hydrogens is 364 g/mol. The Labute approximate surface area is 171 Å². The fourth-order valence-electron chi connectivity index (χ4n) is 2.84. The van der Waals surface area contributed by atoms with Gasteiger partial charge in [0.05, 0.1) is 7.11 Å². The van der Waals surface area contributed by atoms with E-state index < -0.39 is 0 Å². The highest BCUT2D eigenvalue weighted by molar-refractivity contribution is 5.92. The maximum Gasteiger partial charge on any atom is 0.270 e. The van der Waals surface area contributed by atoms with Crippen molar-refractivity contribution in [2.75, 3.05) is 12.4 Å². The van der Waals surface area contributed by atoms with Crippen LogP contribution in [0.1, 0.15) is 42.4 Å². The zero-order valence-corrected chi connectivity index (χ0v) is 17.2. The molecule has 2 N–H and O–H groups in total. The number of para-hydroxylation sites is 1. The Morgan fingerprint density at radius 2 is 1.76 bits per heavy atom. The normalized spacial score (nSPS) is 11.0. The van der Waals surface area contributed by atoms with Gasteiger partial charge in [-0.25, -0.2) is 9.97 Å². The Kier molecular flexibility index (Phi) is 6.12. The summed E-state index contributed by atoms with van der Waals surface area (Å²) >= 11 is 0. The fourth-order valence-corrected chi connectivity index (χ4v) is 2.84. The Morgan fingerprint density at radius 3 is 2.45 bits per heavy atom. The lowest BCUT2D eigenvalue weighted by molar-refractivity contribution is 0.0945. The molecule has 29 heavy (non-hydrogen) atoms. The number of aromatic nitrogens is 2. The molecule has 0 aliphatic carbocycles. The summed E-state index contributed by atoms with van der Waals surface area (Å²) in [4.78, 5) is 21.0. The lowest BCUT2D eigenvalue weighted by Gasteiger charge is -2.19. The minimum atomic E-state index is -0.274. The first-order valence-electron chi connectivity index (χ1n) is 9.47. The number of carbonyl (C=O) groups excluding carboxylic acids is 1. The summed E-state index contributed by atoms with van der Waals surface area (Å²) in [5.41, 5.74) is 3.39. The average molecular weight is 390 g/mol. The molecule has 3 rings (SSSR count). The second-order valence-electron chi connectivity index (χ2n) is 7.71. The van der Waals surface area contributed by atoms with Gasteiger partial charge in [0, 0.05) is 24.0 Å². The molecule has 6 nitrogen and oxygen atoms in total. The third-order valence-electron chi connectivity index (χ3n) is 4.53. The second kappa shape index (κ2) is 8.73. The molecule has 6 heteroatoms. The molecule has 0 atom stereocenters. The van der Waals surface area contributed by atoms with E-state index in [0.717, 1.165) is 17.0 Å².